The van der Waals surface area contributed by atoms with Crippen molar-refractivity contribution in [3.63, 3.8) is 0 Å². The molecule has 1 saturated heterocycles. The van der Waals surface area contributed by atoms with Crippen LogP contribution in [0, 0.1) is 0 Å². The first-order chi connectivity index (χ1) is 13.0. The molecule has 0 aromatic heterocycles. The Labute approximate surface area is 161 Å². The number of hydrogen-bond acceptors (Lipinski definition) is 3. The Hall–Kier alpha value is -2.18. The van der Waals surface area contributed by atoms with Gasteiger partial charge in [0.15, 0.2) is 0 Å². The van der Waals surface area contributed by atoms with E-state index in [0.29, 0.717) is 31.6 Å². The van der Waals surface area contributed by atoms with Crippen molar-refractivity contribution >= 4 is 21.6 Å². The second kappa shape index (κ2) is 8.67. The normalized spacial score (nSPS) is 15.0. The number of sulfonamides is 1. The van der Waals surface area contributed by atoms with E-state index in [0.717, 1.165) is 24.8 Å². The highest BCUT2D eigenvalue weighted by atomic mass is 32.2. The van der Waals surface area contributed by atoms with Gasteiger partial charge in [0.05, 0.1) is 4.90 Å². The summed E-state index contributed by atoms with van der Waals surface area (Å²) in [5.74, 6) is -0.0790. The van der Waals surface area contributed by atoms with Gasteiger partial charge in [0.25, 0.3) is 0 Å². The van der Waals surface area contributed by atoms with E-state index in [-0.39, 0.29) is 10.8 Å². The van der Waals surface area contributed by atoms with Crippen LogP contribution in [0.15, 0.2) is 53.4 Å². The second-order valence-corrected chi connectivity index (χ2v) is 8.79. The van der Waals surface area contributed by atoms with Crippen LogP contribution in [0.5, 0.6) is 0 Å². The van der Waals surface area contributed by atoms with E-state index in [1.165, 1.54) is 9.87 Å². The van der Waals surface area contributed by atoms with Crippen LogP contribution in [0.2, 0.25) is 0 Å². The van der Waals surface area contributed by atoms with Gasteiger partial charge in [-0.1, -0.05) is 31.2 Å². The molecule has 0 atom stereocenters. The number of rotatable bonds is 7. The Bertz CT molecular complexity index is 869. The summed E-state index contributed by atoms with van der Waals surface area (Å²) < 4.78 is 26.5. The van der Waals surface area contributed by atoms with Crippen LogP contribution in [0.25, 0.3) is 0 Å². The predicted molar refractivity (Wildman–Crippen MR) is 107 cm³/mol. The Morgan fingerprint density at radius 1 is 0.963 bits per heavy atom. The molecule has 1 aliphatic rings. The molecule has 3 rings (SSSR count). The third-order valence-electron chi connectivity index (χ3n) is 4.91. The highest BCUT2D eigenvalue weighted by Crippen LogP contribution is 2.22. The highest BCUT2D eigenvalue weighted by molar-refractivity contribution is 7.89. The van der Waals surface area contributed by atoms with E-state index in [2.05, 4.69) is 36.5 Å². The predicted octanol–water partition coefficient (Wildman–Crippen LogP) is 3.60. The first-order valence-corrected chi connectivity index (χ1v) is 10.9. The molecule has 0 saturated carbocycles. The molecule has 1 heterocycles. The fourth-order valence-corrected chi connectivity index (χ4v) is 4.73. The van der Waals surface area contributed by atoms with E-state index in [1.54, 1.807) is 24.3 Å². The number of hydrogen-bond donors (Lipinski definition) is 1. The van der Waals surface area contributed by atoms with Gasteiger partial charge in [-0.25, -0.2) is 8.42 Å². The zero-order chi connectivity index (χ0) is 19.3. The molecule has 5 nitrogen and oxygen atoms in total. The molecule has 0 unspecified atom stereocenters. The topological polar surface area (TPSA) is 66.5 Å². The fourth-order valence-electron chi connectivity index (χ4n) is 3.21. The Morgan fingerprint density at radius 2 is 1.56 bits per heavy atom. The van der Waals surface area contributed by atoms with Crippen molar-refractivity contribution in [2.24, 2.45) is 0 Å². The quantitative estimate of drug-likeness (QED) is 0.791. The molecule has 0 aliphatic carbocycles. The number of anilines is 1. The van der Waals surface area contributed by atoms with Crippen LogP contribution in [0.3, 0.4) is 0 Å². The van der Waals surface area contributed by atoms with Crippen molar-refractivity contribution in [1.29, 1.82) is 0 Å². The van der Waals surface area contributed by atoms with E-state index in [4.69, 9.17) is 0 Å². The number of nitrogens with one attached hydrogen (secondary N) is 1. The van der Waals surface area contributed by atoms with Crippen molar-refractivity contribution < 1.29 is 13.2 Å². The van der Waals surface area contributed by atoms with Gasteiger partial charge in [0.1, 0.15) is 0 Å². The molecule has 2 aromatic carbocycles. The molecular weight excluding hydrogens is 360 g/mol. The monoisotopic (exact) mass is 386 g/mol. The first kappa shape index (κ1) is 19.6. The maximum Gasteiger partial charge on any atom is 0.243 e. The third kappa shape index (κ3) is 4.96. The second-order valence-electron chi connectivity index (χ2n) is 6.85. The number of carbonyl (C=O) groups excluding carboxylic acids is 1. The number of nitrogens with zero attached hydrogens (tertiary/aromatic N) is 1. The zero-order valence-corrected chi connectivity index (χ0v) is 16.5. The molecule has 1 N–H and O–H groups in total. The van der Waals surface area contributed by atoms with E-state index >= 15 is 0 Å². The zero-order valence-electron chi connectivity index (χ0n) is 15.6. The lowest BCUT2D eigenvalue weighted by Crippen LogP contribution is -2.27. The van der Waals surface area contributed by atoms with Crippen molar-refractivity contribution in [2.45, 2.75) is 43.9 Å². The summed E-state index contributed by atoms with van der Waals surface area (Å²) in [6.45, 7) is 3.28. The lowest BCUT2D eigenvalue weighted by Gasteiger charge is -2.15. The summed E-state index contributed by atoms with van der Waals surface area (Å²) in [6, 6.07) is 14.7. The van der Waals surface area contributed by atoms with Gasteiger partial charge in [-0.3, -0.25) is 4.79 Å². The fraction of sp³-hybridized carbons (Fsp3) is 0.381. The van der Waals surface area contributed by atoms with Gasteiger partial charge in [0, 0.05) is 25.2 Å². The standard InChI is InChI=1S/C21H26N2O3S/c1-2-17-5-7-18(8-6-17)9-14-21(24)22-19-10-12-20(13-11-19)27(25,26)23-15-3-4-16-23/h5-8,10-13H,2-4,9,14-16H2,1H3,(H,22,24). The summed E-state index contributed by atoms with van der Waals surface area (Å²) in [6.07, 6.45) is 3.89. The first-order valence-electron chi connectivity index (χ1n) is 9.47. The number of aryl methyl sites for hydroxylation is 2. The molecule has 0 bridgehead atoms. The van der Waals surface area contributed by atoms with Crippen molar-refractivity contribution in [3.8, 4) is 0 Å². The molecule has 27 heavy (non-hydrogen) atoms. The number of benzene rings is 2. The smallest absolute Gasteiger partial charge is 0.243 e. The van der Waals surface area contributed by atoms with Gasteiger partial charge in [-0.2, -0.15) is 4.31 Å². The molecule has 0 spiro atoms. The van der Waals surface area contributed by atoms with Crippen LogP contribution < -0.4 is 5.32 Å². The molecule has 1 aliphatic heterocycles. The molecule has 1 amide bonds. The minimum atomic E-state index is -3.42. The maximum absolute atomic E-state index is 12.5. The summed E-state index contributed by atoms with van der Waals surface area (Å²) in [7, 11) is -3.42. The summed E-state index contributed by atoms with van der Waals surface area (Å²) >= 11 is 0. The van der Waals surface area contributed by atoms with Crippen LogP contribution >= 0.6 is 0 Å². The number of carbonyl (C=O) groups is 1. The maximum atomic E-state index is 12.5. The van der Waals surface area contributed by atoms with Crippen LogP contribution in [0.4, 0.5) is 5.69 Å². The molecule has 2 aromatic rings. The highest BCUT2D eigenvalue weighted by Gasteiger charge is 2.26. The van der Waals surface area contributed by atoms with Gasteiger partial charge < -0.3 is 5.32 Å². The average molecular weight is 387 g/mol. The van der Waals surface area contributed by atoms with Crippen molar-refractivity contribution in [2.75, 3.05) is 18.4 Å². The van der Waals surface area contributed by atoms with Crippen LogP contribution in [0.1, 0.15) is 37.3 Å². The average Bonchev–Trinajstić information content (AvgIpc) is 3.23. The minimum absolute atomic E-state index is 0.0790. The van der Waals surface area contributed by atoms with Gasteiger partial charge in [-0.05, 0) is 61.1 Å². The molecule has 6 heteroatoms. The van der Waals surface area contributed by atoms with E-state index in [9.17, 15) is 13.2 Å². The molecule has 144 valence electrons. The molecule has 1 fully saturated rings. The summed E-state index contributed by atoms with van der Waals surface area (Å²) in [5, 5.41) is 2.84. The summed E-state index contributed by atoms with van der Waals surface area (Å²) in [4.78, 5) is 12.4. The van der Waals surface area contributed by atoms with Gasteiger partial charge >= 0.3 is 0 Å². The Balaban J connectivity index is 1.55. The van der Waals surface area contributed by atoms with Gasteiger partial charge in [0.2, 0.25) is 15.9 Å². The van der Waals surface area contributed by atoms with Crippen molar-refractivity contribution in [1.82, 2.24) is 4.31 Å². The lowest BCUT2D eigenvalue weighted by molar-refractivity contribution is -0.116. The third-order valence-corrected chi connectivity index (χ3v) is 6.83. The summed E-state index contributed by atoms with van der Waals surface area (Å²) in [5.41, 5.74) is 3.03. The number of amides is 1. The van der Waals surface area contributed by atoms with Crippen molar-refractivity contribution in [3.05, 3.63) is 59.7 Å². The van der Waals surface area contributed by atoms with Crippen LogP contribution in [-0.4, -0.2) is 31.7 Å². The van der Waals surface area contributed by atoms with Gasteiger partial charge in [-0.15, -0.1) is 0 Å². The lowest BCUT2D eigenvalue weighted by atomic mass is 10.1. The Kier molecular flexibility index (Phi) is 6.29. The SMILES string of the molecule is CCc1ccc(CCC(=O)Nc2ccc(S(=O)(=O)N3CCCC3)cc2)cc1. The molecular formula is C21H26N2O3S. The Morgan fingerprint density at radius 3 is 2.15 bits per heavy atom. The minimum Gasteiger partial charge on any atom is -0.326 e. The molecule has 0 radical (unpaired) electrons. The largest absolute Gasteiger partial charge is 0.326 e. The van der Waals surface area contributed by atoms with Crippen LogP contribution in [-0.2, 0) is 27.7 Å². The van der Waals surface area contributed by atoms with E-state index in [1.807, 2.05) is 0 Å². The van der Waals surface area contributed by atoms with E-state index < -0.39 is 10.0 Å².